The van der Waals surface area contributed by atoms with Gasteiger partial charge in [-0.15, -0.1) is 0 Å². The highest BCUT2D eigenvalue weighted by atomic mass is 32.2. The molecule has 3 nitrogen and oxygen atoms in total. The van der Waals surface area contributed by atoms with E-state index in [1.165, 1.54) is 18.2 Å². The Kier molecular flexibility index (Phi) is 4.35. The van der Waals surface area contributed by atoms with Gasteiger partial charge >= 0.3 is 0 Å². The summed E-state index contributed by atoms with van der Waals surface area (Å²) in [5, 5.41) is 10.1. The van der Waals surface area contributed by atoms with E-state index in [9.17, 15) is 31.1 Å². The number of rotatable bonds is 2. The first-order valence-electron chi connectivity index (χ1n) is 8.90. The SMILES string of the molecule is CS(=O)(=O)c1ccc([C@H]2CCCc3cc(F)cc(F)c32)c2c1[C@H](O)C(F)(F)C2. The molecule has 0 bridgehead atoms. The second-order valence-electron chi connectivity index (χ2n) is 7.56. The molecular weight excluding hydrogens is 396 g/mol. The topological polar surface area (TPSA) is 54.4 Å². The minimum absolute atomic E-state index is 0.0435. The second kappa shape index (κ2) is 6.29. The summed E-state index contributed by atoms with van der Waals surface area (Å²) in [7, 11) is -3.85. The van der Waals surface area contributed by atoms with Gasteiger partial charge in [0.2, 0.25) is 0 Å². The Hall–Kier alpha value is -1.93. The van der Waals surface area contributed by atoms with Crippen LogP contribution in [0.3, 0.4) is 0 Å². The van der Waals surface area contributed by atoms with Crippen molar-refractivity contribution < 1.29 is 31.1 Å². The Morgan fingerprint density at radius 3 is 2.54 bits per heavy atom. The van der Waals surface area contributed by atoms with E-state index in [0.29, 0.717) is 30.4 Å². The van der Waals surface area contributed by atoms with Gasteiger partial charge in [0.05, 0.1) is 4.90 Å². The van der Waals surface area contributed by atoms with Crippen LogP contribution >= 0.6 is 0 Å². The lowest BCUT2D eigenvalue weighted by Gasteiger charge is -2.28. The monoisotopic (exact) mass is 414 g/mol. The molecule has 0 aromatic heterocycles. The lowest BCUT2D eigenvalue weighted by atomic mass is 9.76. The summed E-state index contributed by atoms with van der Waals surface area (Å²) in [6.07, 6.45) is -0.624. The predicted octanol–water partition coefficient (Wildman–Crippen LogP) is 4.06. The van der Waals surface area contributed by atoms with Gasteiger partial charge in [0.15, 0.2) is 9.84 Å². The molecule has 2 aromatic carbocycles. The first kappa shape index (κ1) is 19.4. The molecule has 0 aliphatic heterocycles. The average molecular weight is 414 g/mol. The Morgan fingerprint density at radius 2 is 1.86 bits per heavy atom. The molecule has 0 spiro atoms. The van der Waals surface area contributed by atoms with E-state index >= 15 is 0 Å². The maximum absolute atomic E-state index is 14.6. The smallest absolute Gasteiger partial charge is 0.281 e. The highest BCUT2D eigenvalue weighted by Gasteiger charge is 2.50. The van der Waals surface area contributed by atoms with Gasteiger partial charge in [-0.05, 0) is 53.6 Å². The molecule has 2 aliphatic rings. The molecule has 0 radical (unpaired) electrons. The van der Waals surface area contributed by atoms with Gasteiger partial charge in [-0.2, -0.15) is 0 Å². The number of fused-ring (bicyclic) bond motifs is 2. The number of alkyl halides is 2. The molecule has 28 heavy (non-hydrogen) atoms. The van der Waals surface area contributed by atoms with Crippen LogP contribution in [0.25, 0.3) is 0 Å². The quantitative estimate of drug-likeness (QED) is 0.754. The largest absolute Gasteiger partial charge is 0.382 e. The van der Waals surface area contributed by atoms with Gasteiger partial charge in [0, 0.05) is 30.2 Å². The van der Waals surface area contributed by atoms with Crippen LogP contribution in [0.1, 0.15) is 52.7 Å². The lowest BCUT2D eigenvalue weighted by Crippen LogP contribution is -2.22. The Balaban J connectivity index is 1.96. The van der Waals surface area contributed by atoms with Crippen molar-refractivity contribution in [2.75, 3.05) is 6.26 Å². The summed E-state index contributed by atoms with van der Waals surface area (Å²) in [6.45, 7) is 0. The highest BCUT2D eigenvalue weighted by Crippen LogP contribution is 2.50. The van der Waals surface area contributed by atoms with Gasteiger partial charge < -0.3 is 5.11 Å². The molecule has 2 atom stereocenters. The molecule has 0 fully saturated rings. The number of benzene rings is 2. The molecule has 0 saturated carbocycles. The first-order chi connectivity index (χ1) is 13.0. The van der Waals surface area contributed by atoms with Gasteiger partial charge in [0.1, 0.15) is 17.7 Å². The van der Waals surface area contributed by atoms with Crippen LogP contribution in [0.4, 0.5) is 17.6 Å². The molecule has 0 unspecified atom stereocenters. The zero-order chi connectivity index (χ0) is 20.4. The normalized spacial score (nSPS) is 23.4. The molecule has 8 heteroatoms. The number of aryl methyl sites for hydroxylation is 1. The number of aliphatic hydroxyl groups excluding tert-OH is 1. The van der Waals surface area contributed by atoms with E-state index in [0.717, 1.165) is 12.3 Å². The van der Waals surface area contributed by atoms with Crippen molar-refractivity contribution in [1.29, 1.82) is 0 Å². The van der Waals surface area contributed by atoms with Crippen LogP contribution in [0, 0.1) is 11.6 Å². The summed E-state index contributed by atoms with van der Waals surface area (Å²) in [6, 6.07) is 4.64. The standard InChI is InChI=1S/C20H18F4O3S/c1-28(26,27)16-6-5-12(14-9-20(23,24)19(25)18(14)16)13-4-2-3-10-7-11(21)8-15(22)17(10)13/h5-8,13,19,25H,2-4,9H2,1H3/t13-,19+/m1/s1. The van der Waals surface area contributed by atoms with Crippen LogP contribution in [0.2, 0.25) is 0 Å². The zero-order valence-electron chi connectivity index (χ0n) is 15.0. The third-order valence-electron chi connectivity index (χ3n) is 5.68. The third kappa shape index (κ3) is 2.93. The molecule has 150 valence electrons. The first-order valence-corrected chi connectivity index (χ1v) is 10.8. The number of aliphatic hydroxyl groups is 1. The molecular formula is C20H18F4O3S. The number of sulfone groups is 1. The third-order valence-corrected chi connectivity index (χ3v) is 6.84. The minimum atomic E-state index is -3.85. The molecule has 2 aliphatic carbocycles. The summed E-state index contributed by atoms with van der Waals surface area (Å²) in [5.41, 5.74) is 0.846. The maximum Gasteiger partial charge on any atom is 0.281 e. The van der Waals surface area contributed by atoms with E-state index in [1.54, 1.807) is 0 Å². The van der Waals surface area contributed by atoms with Gasteiger partial charge in [-0.3, -0.25) is 0 Å². The molecule has 0 heterocycles. The van der Waals surface area contributed by atoms with E-state index < -0.39 is 45.8 Å². The van der Waals surface area contributed by atoms with Crippen LogP contribution in [0.15, 0.2) is 29.2 Å². The van der Waals surface area contributed by atoms with Crippen molar-refractivity contribution in [2.45, 2.75) is 48.5 Å². The van der Waals surface area contributed by atoms with Gasteiger partial charge in [-0.25, -0.2) is 26.0 Å². The molecule has 0 amide bonds. The maximum atomic E-state index is 14.6. The van der Waals surface area contributed by atoms with E-state index in [2.05, 4.69) is 0 Å². The zero-order valence-corrected chi connectivity index (χ0v) is 15.8. The lowest BCUT2D eigenvalue weighted by molar-refractivity contribution is -0.0976. The van der Waals surface area contributed by atoms with E-state index in [4.69, 9.17) is 0 Å². The fourth-order valence-electron chi connectivity index (χ4n) is 4.54. The van der Waals surface area contributed by atoms with Crippen molar-refractivity contribution in [3.63, 3.8) is 0 Å². The van der Waals surface area contributed by atoms with Crippen molar-refractivity contribution in [2.24, 2.45) is 0 Å². The number of halogens is 4. The highest BCUT2D eigenvalue weighted by molar-refractivity contribution is 7.90. The van der Waals surface area contributed by atoms with Crippen molar-refractivity contribution >= 4 is 9.84 Å². The minimum Gasteiger partial charge on any atom is -0.382 e. The summed E-state index contributed by atoms with van der Waals surface area (Å²) in [4.78, 5) is -0.341. The van der Waals surface area contributed by atoms with Crippen LogP contribution in [-0.4, -0.2) is 25.7 Å². The van der Waals surface area contributed by atoms with Gasteiger partial charge in [0.25, 0.3) is 5.92 Å². The fourth-order valence-corrected chi connectivity index (χ4v) is 5.49. The van der Waals surface area contributed by atoms with Crippen molar-refractivity contribution in [3.05, 3.63) is 63.7 Å². The molecule has 1 N–H and O–H groups in total. The summed E-state index contributed by atoms with van der Waals surface area (Å²) >= 11 is 0. The van der Waals surface area contributed by atoms with Crippen molar-refractivity contribution in [3.8, 4) is 0 Å². The van der Waals surface area contributed by atoms with Crippen LogP contribution < -0.4 is 0 Å². The van der Waals surface area contributed by atoms with Gasteiger partial charge in [-0.1, -0.05) is 6.07 Å². The van der Waals surface area contributed by atoms with Crippen LogP contribution in [0.5, 0.6) is 0 Å². The number of hydrogen-bond acceptors (Lipinski definition) is 3. The van der Waals surface area contributed by atoms with E-state index in [-0.39, 0.29) is 21.6 Å². The van der Waals surface area contributed by atoms with E-state index in [1.807, 2.05) is 0 Å². The number of hydrogen-bond donors (Lipinski definition) is 1. The van der Waals surface area contributed by atoms with Crippen molar-refractivity contribution in [1.82, 2.24) is 0 Å². The average Bonchev–Trinajstić information content (AvgIpc) is 2.82. The van der Waals surface area contributed by atoms with Crippen LogP contribution in [-0.2, 0) is 22.7 Å². The predicted molar refractivity (Wildman–Crippen MR) is 94.3 cm³/mol. The summed E-state index contributed by atoms with van der Waals surface area (Å²) in [5.74, 6) is -5.56. The Bertz CT molecular complexity index is 1080. The Labute approximate surface area is 159 Å². The molecule has 0 saturated heterocycles. The second-order valence-corrected chi connectivity index (χ2v) is 9.55. The fraction of sp³-hybridized carbons (Fsp3) is 0.400. The summed E-state index contributed by atoms with van der Waals surface area (Å²) < 4.78 is 80.9. The molecule has 4 rings (SSSR count). The Morgan fingerprint density at radius 1 is 1.14 bits per heavy atom. The molecule has 2 aromatic rings.